The van der Waals surface area contributed by atoms with Gasteiger partial charge in [-0.2, -0.15) is 0 Å². The summed E-state index contributed by atoms with van der Waals surface area (Å²) < 4.78 is 5.74. The molecule has 0 fully saturated rings. The molecule has 0 radical (unpaired) electrons. The van der Waals surface area contributed by atoms with E-state index in [2.05, 4.69) is 5.16 Å². The Morgan fingerprint density at radius 2 is 1.71 bits per heavy atom. The Labute approximate surface area is 124 Å². The molecule has 0 saturated carbocycles. The predicted molar refractivity (Wildman–Crippen MR) is 81.9 cm³/mol. The number of ether oxygens (including phenoxy) is 1. The number of para-hydroxylation sites is 1. The van der Waals surface area contributed by atoms with E-state index < -0.39 is 5.60 Å². The van der Waals surface area contributed by atoms with Crippen molar-refractivity contribution in [3.05, 3.63) is 65.7 Å². The third-order valence-electron chi connectivity index (χ3n) is 3.33. The van der Waals surface area contributed by atoms with Crippen LogP contribution in [0.5, 0.6) is 5.75 Å². The van der Waals surface area contributed by atoms with Crippen LogP contribution in [0.1, 0.15) is 25.0 Å². The van der Waals surface area contributed by atoms with Crippen LogP contribution in [0, 0.1) is 0 Å². The molecular formula is C17H19NO3. The molecule has 0 aromatic heterocycles. The molecule has 4 heteroatoms. The number of hydrogen-bond donors (Lipinski definition) is 2. The van der Waals surface area contributed by atoms with Crippen molar-refractivity contribution in [2.45, 2.75) is 19.4 Å². The van der Waals surface area contributed by atoms with E-state index in [1.165, 1.54) is 0 Å². The molecule has 0 heterocycles. The van der Waals surface area contributed by atoms with E-state index >= 15 is 0 Å². The Hall–Kier alpha value is -2.33. The Bertz CT molecular complexity index is 621. The fraction of sp³-hybridized carbons (Fsp3) is 0.235. The predicted octanol–water partition coefficient (Wildman–Crippen LogP) is 3.17. The molecule has 21 heavy (non-hydrogen) atoms. The average molecular weight is 285 g/mol. The first-order valence-electron chi connectivity index (χ1n) is 6.73. The number of oxime groups is 1. The zero-order valence-electron chi connectivity index (χ0n) is 12.2. The van der Waals surface area contributed by atoms with E-state index in [9.17, 15) is 5.11 Å². The van der Waals surface area contributed by atoms with Crippen molar-refractivity contribution in [2.75, 3.05) is 6.61 Å². The minimum absolute atomic E-state index is 0.104. The van der Waals surface area contributed by atoms with Gasteiger partial charge in [0.15, 0.2) is 0 Å². The second-order valence-corrected chi connectivity index (χ2v) is 5.11. The van der Waals surface area contributed by atoms with Crippen molar-refractivity contribution in [3.63, 3.8) is 0 Å². The molecule has 0 aliphatic carbocycles. The van der Waals surface area contributed by atoms with Crippen LogP contribution in [-0.2, 0) is 5.60 Å². The van der Waals surface area contributed by atoms with Crippen LogP contribution >= 0.6 is 0 Å². The normalized spacial score (nSPS) is 14.5. The van der Waals surface area contributed by atoms with Gasteiger partial charge in [0.05, 0.1) is 5.71 Å². The highest BCUT2D eigenvalue weighted by molar-refractivity contribution is 6.00. The van der Waals surface area contributed by atoms with Gasteiger partial charge >= 0.3 is 0 Å². The molecule has 1 atom stereocenters. The van der Waals surface area contributed by atoms with Crippen LogP contribution in [0.4, 0.5) is 0 Å². The van der Waals surface area contributed by atoms with Crippen LogP contribution in [0.3, 0.4) is 0 Å². The number of benzene rings is 2. The van der Waals surface area contributed by atoms with E-state index in [4.69, 9.17) is 9.94 Å². The van der Waals surface area contributed by atoms with Gasteiger partial charge in [0, 0.05) is 5.56 Å². The molecule has 0 aliphatic heterocycles. The number of nitrogens with zero attached hydrogens (tertiary/aromatic N) is 1. The number of hydrogen-bond acceptors (Lipinski definition) is 4. The summed E-state index contributed by atoms with van der Waals surface area (Å²) in [5, 5.41) is 22.6. The zero-order chi connectivity index (χ0) is 15.3. The lowest BCUT2D eigenvalue weighted by atomic mass is 9.97. The van der Waals surface area contributed by atoms with Gasteiger partial charge in [-0.15, -0.1) is 0 Å². The highest BCUT2D eigenvalue weighted by Gasteiger charge is 2.24. The lowest BCUT2D eigenvalue weighted by Gasteiger charge is -2.24. The molecule has 0 aliphatic rings. The summed E-state index contributed by atoms with van der Waals surface area (Å²) in [6, 6.07) is 16.6. The number of rotatable bonds is 5. The lowest BCUT2D eigenvalue weighted by molar-refractivity contribution is 0.00754. The topological polar surface area (TPSA) is 62.1 Å². The Balaban J connectivity index is 2.17. The SMILES string of the molecule is CC(=NO)c1ccccc1OCC(C)(O)c1ccccc1. The molecule has 2 aromatic carbocycles. The van der Waals surface area contributed by atoms with Crippen molar-refractivity contribution in [3.8, 4) is 5.75 Å². The second kappa shape index (κ2) is 6.41. The van der Waals surface area contributed by atoms with Gasteiger partial charge in [-0.05, 0) is 31.5 Å². The van der Waals surface area contributed by atoms with E-state index in [1.807, 2.05) is 48.5 Å². The minimum atomic E-state index is -1.10. The van der Waals surface area contributed by atoms with Crippen molar-refractivity contribution >= 4 is 5.71 Å². The van der Waals surface area contributed by atoms with E-state index in [0.717, 1.165) is 5.56 Å². The van der Waals surface area contributed by atoms with E-state index in [1.54, 1.807) is 19.9 Å². The Morgan fingerprint density at radius 3 is 2.38 bits per heavy atom. The average Bonchev–Trinajstić information content (AvgIpc) is 2.53. The molecular weight excluding hydrogens is 266 g/mol. The number of aliphatic hydroxyl groups is 1. The van der Waals surface area contributed by atoms with Gasteiger partial charge in [0.25, 0.3) is 0 Å². The van der Waals surface area contributed by atoms with Gasteiger partial charge in [-0.3, -0.25) is 0 Å². The summed E-state index contributed by atoms with van der Waals surface area (Å²) in [6.07, 6.45) is 0. The van der Waals surface area contributed by atoms with Crippen molar-refractivity contribution in [2.24, 2.45) is 5.16 Å². The molecule has 0 saturated heterocycles. The molecule has 0 amide bonds. The fourth-order valence-corrected chi connectivity index (χ4v) is 2.04. The maximum absolute atomic E-state index is 10.5. The van der Waals surface area contributed by atoms with Crippen LogP contribution in [0.2, 0.25) is 0 Å². The summed E-state index contributed by atoms with van der Waals surface area (Å²) in [6.45, 7) is 3.50. The summed E-state index contributed by atoms with van der Waals surface area (Å²) in [5.74, 6) is 0.573. The van der Waals surface area contributed by atoms with Crippen LogP contribution in [0.25, 0.3) is 0 Å². The summed E-state index contributed by atoms with van der Waals surface area (Å²) in [7, 11) is 0. The van der Waals surface area contributed by atoms with Crippen molar-refractivity contribution in [1.82, 2.24) is 0 Å². The maximum atomic E-state index is 10.5. The molecule has 4 nitrogen and oxygen atoms in total. The van der Waals surface area contributed by atoms with E-state index in [0.29, 0.717) is 17.0 Å². The molecule has 2 rings (SSSR count). The Kier molecular flexibility index (Phi) is 4.60. The molecule has 2 aromatic rings. The van der Waals surface area contributed by atoms with Gasteiger partial charge in [0.1, 0.15) is 18.0 Å². The highest BCUT2D eigenvalue weighted by atomic mass is 16.5. The van der Waals surface area contributed by atoms with Crippen molar-refractivity contribution in [1.29, 1.82) is 0 Å². The summed E-state index contributed by atoms with van der Waals surface area (Å²) in [4.78, 5) is 0. The first-order valence-corrected chi connectivity index (χ1v) is 6.73. The fourth-order valence-electron chi connectivity index (χ4n) is 2.04. The van der Waals surface area contributed by atoms with Gasteiger partial charge in [-0.25, -0.2) is 0 Å². The first kappa shape index (κ1) is 15.1. The maximum Gasteiger partial charge on any atom is 0.128 e. The molecule has 1 unspecified atom stereocenters. The summed E-state index contributed by atoms with van der Waals surface area (Å²) >= 11 is 0. The third-order valence-corrected chi connectivity index (χ3v) is 3.33. The second-order valence-electron chi connectivity index (χ2n) is 5.11. The monoisotopic (exact) mass is 285 g/mol. The molecule has 2 N–H and O–H groups in total. The molecule has 0 spiro atoms. The van der Waals surface area contributed by atoms with Crippen LogP contribution in [0.15, 0.2) is 59.8 Å². The minimum Gasteiger partial charge on any atom is -0.490 e. The van der Waals surface area contributed by atoms with Crippen molar-refractivity contribution < 1.29 is 15.1 Å². The van der Waals surface area contributed by atoms with Gasteiger partial charge < -0.3 is 15.1 Å². The van der Waals surface area contributed by atoms with Crippen LogP contribution < -0.4 is 4.74 Å². The smallest absolute Gasteiger partial charge is 0.128 e. The highest BCUT2D eigenvalue weighted by Crippen LogP contribution is 2.24. The lowest BCUT2D eigenvalue weighted by Crippen LogP contribution is -2.29. The van der Waals surface area contributed by atoms with Crippen LogP contribution in [-0.4, -0.2) is 22.6 Å². The molecule has 0 bridgehead atoms. The Morgan fingerprint density at radius 1 is 1.10 bits per heavy atom. The zero-order valence-corrected chi connectivity index (χ0v) is 12.2. The first-order chi connectivity index (χ1) is 10.0. The largest absolute Gasteiger partial charge is 0.490 e. The summed E-state index contributed by atoms with van der Waals surface area (Å²) in [5.41, 5.74) is 0.849. The van der Waals surface area contributed by atoms with Gasteiger partial charge in [-0.1, -0.05) is 47.6 Å². The quantitative estimate of drug-likeness (QED) is 0.504. The standard InChI is InChI=1S/C17H19NO3/c1-13(18-20)15-10-6-7-11-16(15)21-12-17(2,19)14-8-4-3-5-9-14/h3-11,19-20H,12H2,1-2H3. The molecule has 110 valence electrons. The van der Waals surface area contributed by atoms with Gasteiger partial charge in [0.2, 0.25) is 0 Å². The van der Waals surface area contributed by atoms with E-state index in [-0.39, 0.29) is 6.61 Å². The third kappa shape index (κ3) is 3.61.